The Morgan fingerprint density at radius 1 is 1.00 bits per heavy atom. The standard InChI is InChI=1S/C18H15NO2/c1-12-7-9-14(10-8-12)17-19-16(18(20)21-17)11-15-6-4-3-5-13(15)2/h3-11H,1-2H3. The van der Waals surface area contributed by atoms with Crippen LogP contribution in [0.5, 0.6) is 0 Å². The van der Waals surface area contributed by atoms with Crippen LogP contribution in [0.4, 0.5) is 0 Å². The molecular formula is C18H15NO2. The topological polar surface area (TPSA) is 38.7 Å². The molecule has 0 atom stereocenters. The van der Waals surface area contributed by atoms with Gasteiger partial charge in [0.2, 0.25) is 5.90 Å². The molecule has 0 unspecified atom stereocenters. The van der Waals surface area contributed by atoms with Gasteiger partial charge in [0.25, 0.3) is 0 Å². The van der Waals surface area contributed by atoms with Crippen molar-refractivity contribution in [1.82, 2.24) is 0 Å². The Morgan fingerprint density at radius 2 is 1.71 bits per heavy atom. The molecule has 21 heavy (non-hydrogen) atoms. The van der Waals surface area contributed by atoms with Crippen molar-refractivity contribution in [2.45, 2.75) is 13.8 Å². The van der Waals surface area contributed by atoms with Gasteiger partial charge in [0, 0.05) is 5.56 Å². The number of esters is 1. The number of hydrogen-bond acceptors (Lipinski definition) is 3. The van der Waals surface area contributed by atoms with Crippen molar-refractivity contribution in [2.24, 2.45) is 4.99 Å². The fourth-order valence-electron chi connectivity index (χ4n) is 2.12. The molecule has 104 valence electrons. The van der Waals surface area contributed by atoms with Gasteiger partial charge in [0.05, 0.1) is 0 Å². The molecule has 1 aliphatic rings. The van der Waals surface area contributed by atoms with E-state index >= 15 is 0 Å². The summed E-state index contributed by atoms with van der Waals surface area (Å²) >= 11 is 0. The second-order valence-electron chi connectivity index (χ2n) is 5.06. The molecule has 3 heteroatoms. The highest BCUT2D eigenvalue weighted by Gasteiger charge is 2.24. The molecular weight excluding hydrogens is 262 g/mol. The van der Waals surface area contributed by atoms with Crippen molar-refractivity contribution in [3.63, 3.8) is 0 Å². The molecule has 0 N–H and O–H groups in total. The lowest BCUT2D eigenvalue weighted by Crippen LogP contribution is -2.05. The summed E-state index contributed by atoms with van der Waals surface area (Å²) in [6, 6.07) is 15.6. The summed E-state index contributed by atoms with van der Waals surface area (Å²) in [5.74, 6) is -0.0475. The third-order valence-electron chi connectivity index (χ3n) is 3.40. The molecule has 0 spiro atoms. The van der Waals surface area contributed by atoms with Gasteiger partial charge in [-0.2, -0.15) is 0 Å². The number of carbonyl (C=O) groups is 1. The van der Waals surface area contributed by atoms with Crippen LogP contribution >= 0.6 is 0 Å². The van der Waals surface area contributed by atoms with E-state index in [0.717, 1.165) is 22.3 Å². The summed E-state index contributed by atoms with van der Waals surface area (Å²) in [5.41, 5.74) is 4.36. The minimum absolute atomic E-state index is 0.333. The molecule has 0 bridgehead atoms. The van der Waals surface area contributed by atoms with Gasteiger partial charge in [0.1, 0.15) is 0 Å². The summed E-state index contributed by atoms with van der Waals surface area (Å²) in [6.07, 6.45) is 1.76. The number of aliphatic imine (C=N–C) groups is 1. The maximum atomic E-state index is 11.9. The van der Waals surface area contributed by atoms with Crippen LogP contribution in [-0.2, 0) is 9.53 Å². The lowest BCUT2D eigenvalue weighted by atomic mass is 10.1. The van der Waals surface area contributed by atoms with Gasteiger partial charge in [-0.1, -0.05) is 42.0 Å². The van der Waals surface area contributed by atoms with E-state index in [9.17, 15) is 4.79 Å². The molecule has 0 saturated heterocycles. The average Bonchev–Trinajstić information content (AvgIpc) is 2.83. The molecule has 3 rings (SSSR count). The van der Waals surface area contributed by atoms with Crippen LogP contribution in [0, 0.1) is 13.8 Å². The van der Waals surface area contributed by atoms with Crippen LogP contribution in [0.1, 0.15) is 22.3 Å². The van der Waals surface area contributed by atoms with Crippen molar-refractivity contribution in [3.05, 3.63) is 76.5 Å². The zero-order valence-electron chi connectivity index (χ0n) is 12.0. The van der Waals surface area contributed by atoms with Crippen LogP contribution in [-0.4, -0.2) is 11.9 Å². The Balaban J connectivity index is 1.96. The third kappa shape index (κ3) is 2.77. The summed E-state index contributed by atoms with van der Waals surface area (Å²) < 4.78 is 5.25. The summed E-state index contributed by atoms with van der Waals surface area (Å²) in [4.78, 5) is 16.2. The molecule has 0 radical (unpaired) electrons. The third-order valence-corrected chi connectivity index (χ3v) is 3.40. The number of rotatable bonds is 2. The van der Waals surface area contributed by atoms with Crippen LogP contribution < -0.4 is 0 Å². The predicted molar refractivity (Wildman–Crippen MR) is 83.0 cm³/mol. The van der Waals surface area contributed by atoms with E-state index in [1.165, 1.54) is 0 Å². The van der Waals surface area contributed by atoms with Crippen molar-refractivity contribution >= 4 is 17.9 Å². The Hall–Kier alpha value is -2.68. The number of nitrogens with zero attached hydrogens (tertiary/aromatic N) is 1. The highest BCUT2D eigenvalue weighted by molar-refractivity contribution is 6.12. The normalized spacial score (nSPS) is 16.0. The van der Waals surface area contributed by atoms with Gasteiger partial charge in [-0.3, -0.25) is 0 Å². The molecule has 0 saturated carbocycles. The van der Waals surface area contributed by atoms with E-state index in [4.69, 9.17) is 4.74 Å². The van der Waals surface area contributed by atoms with Gasteiger partial charge < -0.3 is 4.74 Å². The molecule has 2 aromatic carbocycles. The molecule has 0 aromatic heterocycles. The maximum Gasteiger partial charge on any atom is 0.363 e. The van der Waals surface area contributed by atoms with Crippen molar-refractivity contribution in [3.8, 4) is 0 Å². The van der Waals surface area contributed by atoms with Gasteiger partial charge in [-0.25, -0.2) is 9.79 Å². The second-order valence-corrected chi connectivity index (χ2v) is 5.06. The van der Waals surface area contributed by atoms with Gasteiger partial charge in [-0.05, 0) is 43.2 Å². The van der Waals surface area contributed by atoms with E-state index in [1.54, 1.807) is 6.08 Å². The van der Waals surface area contributed by atoms with E-state index in [2.05, 4.69) is 4.99 Å². The van der Waals surface area contributed by atoms with E-state index < -0.39 is 5.97 Å². The second kappa shape index (κ2) is 5.37. The monoisotopic (exact) mass is 277 g/mol. The van der Waals surface area contributed by atoms with Gasteiger partial charge in [-0.15, -0.1) is 0 Å². The number of hydrogen-bond donors (Lipinski definition) is 0. The van der Waals surface area contributed by atoms with Crippen LogP contribution in [0.15, 0.2) is 59.2 Å². The molecule has 3 nitrogen and oxygen atoms in total. The maximum absolute atomic E-state index is 11.9. The molecule has 1 heterocycles. The van der Waals surface area contributed by atoms with Gasteiger partial charge >= 0.3 is 5.97 Å². The Kier molecular flexibility index (Phi) is 3.40. The van der Waals surface area contributed by atoms with Crippen LogP contribution in [0.25, 0.3) is 6.08 Å². The zero-order valence-corrected chi connectivity index (χ0v) is 12.0. The molecule has 2 aromatic rings. The number of benzene rings is 2. The van der Waals surface area contributed by atoms with E-state index in [1.807, 2.05) is 62.4 Å². The lowest BCUT2D eigenvalue weighted by molar-refractivity contribution is -0.129. The van der Waals surface area contributed by atoms with E-state index in [0.29, 0.717) is 11.6 Å². The minimum Gasteiger partial charge on any atom is -0.402 e. The number of cyclic esters (lactones) is 1. The Labute approximate surface area is 123 Å². The first kappa shape index (κ1) is 13.3. The minimum atomic E-state index is -0.408. The van der Waals surface area contributed by atoms with Crippen molar-refractivity contribution in [2.75, 3.05) is 0 Å². The van der Waals surface area contributed by atoms with Crippen molar-refractivity contribution in [1.29, 1.82) is 0 Å². The average molecular weight is 277 g/mol. The van der Waals surface area contributed by atoms with Crippen molar-refractivity contribution < 1.29 is 9.53 Å². The Bertz CT molecular complexity index is 755. The SMILES string of the molecule is Cc1ccc(C2=NC(=Cc3ccccc3C)C(=O)O2)cc1. The van der Waals surface area contributed by atoms with Crippen LogP contribution in [0.2, 0.25) is 0 Å². The number of aryl methyl sites for hydroxylation is 2. The quantitative estimate of drug-likeness (QED) is 0.621. The fourth-order valence-corrected chi connectivity index (χ4v) is 2.12. The largest absolute Gasteiger partial charge is 0.402 e. The fraction of sp³-hybridized carbons (Fsp3) is 0.111. The highest BCUT2D eigenvalue weighted by Crippen LogP contribution is 2.20. The molecule has 0 amide bonds. The lowest BCUT2D eigenvalue weighted by Gasteiger charge is -1.99. The highest BCUT2D eigenvalue weighted by atomic mass is 16.6. The Morgan fingerprint density at radius 3 is 2.43 bits per heavy atom. The van der Waals surface area contributed by atoms with E-state index in [-0.39, 0.29) is 0 Å². The summed E-state index contributed by atoms with van der Waals surface area (Å²) in [7, 11) is 0. The number of carbonyl (C=O) groups excluding carboxylic acids is 1. The molecule has 0 fully saturated rings. The molecule has 0 aliphatic carbocycles. The number of ether oxygens (including phenoxy) is 1. The molecule has 1 aliphatic heterocycles. The first-order valence-electron chi connectivity index (χ1n) is 6.79. The first-order valence-corrected chi connectivity index (χ1v) is 6.79. The van der Waals surface area contributed by atoms with Crippen LogP contribution in [0.3, 0.4) is 0 Å². The summed E-state index contributed by atoms with van der Waals surface area (Å²) in [6.45, 7) is 4.01. The summed E-state index contributed by atoms with van der Waals surface area (Å²) in [5, 5.41) is 0. The predicted octanol–water partition coefficient (Wildman–Crippen LogP) is 3.65. The van der Waals surface area contributed by atoms with Gasteiger partial charge in [0.15, 0.2) is 5.70 Å². The first-order chi connectivity index (χ1) is 10.1. The smallest absolute Gasteiger partial charge is 0.363 e. The zero-order chi connectivity index (χ0) is 14.8.